The van der Waals surface area contributed by atoms with Crippen molar-refractivity contribution in [1.82, 2.24) is 4.98 Å². The summed E-state index contributed by atoms with van der Waals surface area (Å²) in [5.41, 5.74) is 6.10. The molecule has 1 fully saturated rings. The summed E-state index contributed by atoms with van der Waals surface area (Å²) in [5, 5.41) is 0. The molecule has 134 valence electrons. The molecule has 0 saturated heterocycles. The van der Waals surface area contributed by atoms with Gasteiger partial charge in [-0.2, -0.15) is 13.2 Å². The molecule has 0 amide bonds. The van der Waals surface area contributed by atoms with Gasteiger partial charge in [-0.05, 0) is 36.2 Å². The van der Waals surface area contributed by atoms with Gasteiger partial charge in [0.1, 0.15) is 0 Å². The number of hydrogen-bond donors (Lipinski definition) is 2. The minimum absolute atomic E-state index is 0.103. The molecule has 0 bridgehead atoms. The summed E-state index contributed by atoms with van der Waals surface area (Å²) in [5.74, 6) is 0.241. The van der Waals surface area contributed by atoms with Gasteiger partial charge in [-0.15, -0.1) is 0 Å². The minimum Gasteiger partial charge on any atom is -0.327 e. The Morgan fingerprint density at radius 2 is 1.92 bits per heavy atom. The second kappa shape index (κ2) is 5.99. The van der Waals surface area contributed by atoms with Crippen molar-refractivity contribution in [2.75, 3.05) is 11.0 Å². The number of rotatable bonds is 4. The molecule has 0 radical (unpaired) electrons. The summed E-state index contributed by atoms with van der Waals surface area (Å²) in [4.78, 5) is 4.21. The Morgan fingerprint density at radius 3 is 2.40 bits per heavy atom. The predicted octanol–water partition coefficient (Wildman–Crippen LogP) is 2.95. The quantitative estimate of drug-likeness (QED) is 0.865. The number of sulfonamides is 1. The molecule has 3 N–H and O–H groups in total. The van der Waals surface area contributed by atoms with E-state index in [0.717, 1.165) is 30.4 Å². The largest absolute Gasteiger partial charge is 0.416 e. The summed E-state index contributed by atoms with van der Waals surface area (Å²) in [6, 6.07) is 6.51. The van der Waals surface area contributed by atoms with Crippen LogP contribution in [0.5, 0.6) is 0 Å². The van der Waals surface area contributed by atoms with Crippen LogP contribution in [0.1, 0.15) is 23.5 Å². The fourth-order valence-electron chi connectivity index (χ4n) is 2.61. The Labute approximate surface area is 143 Å². The molecule has 1 heterocycles. The molecule has 0 spiro atoms. The lowest BCUT2D eigenvalue weighted by atomic mass is 10.0. The van der Waals surface area contributed by atoms with Crippen LogP contribution in [0.4, 0.5) is 18.9 Å². The fraction of sp³-hybridized carbons (Fsp3) is 0.312. The second-order valence-electron chi connectivity index (χ2n) is 6.15. The molecular formula is C16H16F3N3O2S. The van der Waals surface area contributed by atoms with Gasteiger partial charge in [0.05, 0.1) is 17.5 Å². The van der Waals surface area contributed by atoms with Gasteiger partial charge in [0.15, 0.2) is 0 Å². The Kier molecular flexibility index (Phi) is 4.24. The van der Waals surface area contributed by atoms with Gasteiger partial charge in [0.25, 0.3) is 0 Å². The first-order valence-corrected chi connectivity index (χ1v) is 9.34. The zero-order valence-corrected chi connectivity index (χ0v) is 14.0. The van der Waals surface area contributed by atoms with Crippen molar-refractivity contribution in [3.05, 3.63) is 47.7 Å². The van der Waals surface area contributed by atoms with Crippen molar-refractivity contribution in [3.63, 3.8) is 0 Å². The van der Waals surface area contributed by atoms with Crippen molar-refractivity contribution in [2.45, 2.75) is 24.6 Å². The first-order chi connectivity index (χ1) is 11.5. The number of hydrogen-bond acceptors (Lipinski definition) is 4. The molecule has 1 aromatic heterocycles. The van der Waals surface area contributed by atoms with E-state index in [1.54, 1.807) is 18.3 Å². The maximum absolute atomic E-state index is 13.1. The molecule has 1 saturated carbocycles. The van der Waals surface area contributed by atoms with Gasteiger partial charge in [0, 0.05) is 29.4 Å². The first-order valence-electron chi connectivity index (χ1n) is 7.45. The van der Waals surface area contributed by atoms with Crippen LogP contribution < -0.4 is 10.5 Å². The summed E-state index contributed by atoms with van der Waals surface area (Å²) in [6.07, 6.45) is -1.27. The van der Waals surface area contributed by atoms with Crippen LogP contribution in [-0.4, -0.2) is 25.7 Å². The second-order valence-corrected chi connectivity index (χ2v) is 7.90. The van der Waals surface area contributed by atoms with E-state index in [2.05, 4.69) is 9.71 Å². The molecule has 2 atom stereocenters. The standard InChI is InChI=1S/C16H16F3N3O2S/c1-25(23,24)22-12-5-10(4-11(6-12)16(17,18)19)15-3-2-9(8-21-15)13-7-14(13)20/h2-6,8,13-14,22H,7,20H2,1H3/t13-,14+/m0/s1. The highest BCUT2D eigenvalue weighted by molar-refractivity contribution is 7.92. The predicted molar refractivity (Wildman–Crippen MR) is 88.5 cm³/mol. The third-order valence-electron chi connectivity index (χ3n) is 3.91. The van der Waals surface area contributed by atoms with Crippen molar-refractivity contribution in [3.8, 4) is 11.3 Å². The number of nitrogens with zero attached hydrogens (tertiary/aromatic N) is 1. The number of nitrogens with two attached hydrogens (primary N) is 1. The third-order valence-corrected chi connectivity index (χ3v) is 4.52. The third kappa shape index (κ3) is 4.29. The van der Waals surface area contributed by atoms with Crippen LogP contribution in [0.3, 0.4) is 0 Å². The Balaban J connectivity index is 2.00. The van der Waals surface area contributed by atoms with E-state index in [1.807, 2.05) is 0 Å². The number of aromatic nitrogens is 1. The van der Waals surface area contributed by atoms with Crippen LogP contribution in [0.2, 0.25) is 0 Å². The number of halogens is 3. The molecule has 3 rings (SSSR count). The summed E-state index contributed by atoms with van der Waals surface area (Å²) in [7, 11) is -3.71. The maximum Gasteiger partial charge on any atom is 0.416 e. The van der Waals surface area contributed by atoms with E-state index in [4.69, 9.17) is 5.73 Å². The average Bonchev–Trinajstić information content (AvgIpc) is 3.21. The monoisotopic (exact) mass is 371 g/mol. The molecule has 0 aliphatic heterocycles. The summed E-state index contributed by atoms with van der Waals surface area (Å²) < 4.78 is 64.1. The van der Waals surface area contributed by atoms with Gasteiger partial charge in [-0.25, -0.2) is 8.42 Å². The molecule has 1 aliphatic carbocycles. The van der Waals surface area contributed by atoms with Crippen molar-refractivity contribution >= 4 is 15.7 Å². The van der Waals surface area contributed by atoms with Gasteiger partial charge in [-0.1, -0.05) is 6.07 Å². The molecular weight excluding hydrogens is 355 g/mol. The molecule has 5 nitrogen and oxygen atoms in total. The highest BCUT2D eigenvalue weighted by atomic mass is 32.2. The van der Waals surface area contributed by atoms with E-state index in [9.17, 15) is 21.6 Å². The Morgan fingerprint density at radius 1 is 1.24 bits per heavy atom. The SMILES string of the molecule is CS(=O)(=O)Nc1cc(-c2ccc([C@@H]3C[C@H]3N)cn2)cc(C(F)(F)F)c1. The van der Waals surface area contributed by atoms with Crippen LogP contribution in [0, 0.1) is 0 Å². The van der Waals surface area contributed by atoms with Crippen molar-refractivity contribution < 1.29 is 21.6 Å². The minimum atomic E-state index is -4.61. The average molecular weight is 371 g/mol. The van der Waals surface area contributed by atoms with E-state index >= 15 is 0 Å². The summed E-state index contributed by atoms with van der Waals surface area (Å²) >= 11 is 0. The zero-order chi connectivity index (χ0) is 18.4. The lowest BCUT2D eigenvalue weighted by Gasteiger charge is -2.13. The lowest BCUT2D eigenvalue weighted by Crippen LogP contribution is -2.12. The molecule has 9 heteroatoms. The smallest absolute Gasteiger partial charge is 0.327 e. The van der Waals surface area contributed by atoms with Gasteiger partial charge in [-0.3, -0.25) is 9.71 Å². The molecule has 0 unspecified atom stereocenters. The van der Waals surface area contributed by atoms with Gasteiger partial charge >= 0.3 is 6.18 Å². The zero-order valence-electron chi connectivity index (χ0n) is 13.2. The topological polar surface area (TPSA) is 85.1 Å². The van der Waals surface area contributed by atoms with Gasteiger partial charge in [0.2, 0.25) is 10.0 Å². The van der Waals surface area contributed by atoms with Crippen LogP contribution >= 0.6 is 0 Å². The molecule has 2 aromatic rings. The fourth-order valence-corrected chi connectivity index (χ4v) is 3.15. The number of pyridine rings is 1. The highest BCUT2D eigenvalue weighted by Gasteiger charge is 2.35. The number of anilines is 1. The summed E-state index contributed by atoms with van der Waals surface area (Å²) in [6.45, 7) is 0. The molecule has 25 heavy (non-hydrogen) atoms. The van der Waals surface area contributed by atoms with Gasteiger partial charge < -0.3 is 5.73 Å². The normalized spacial score (nSPS) is 20.4. The van der Waals surface area contributed by atoms with Crippen molar-refractivity contribution in [2.24, 2.45) is 5.73 Å². The van der Waals surface area contributed by atoms with E-state index in [-0.39, 0.29) is 23.2 Å². The number of nitrogens with one attached hydrogen (secondary N) is 1. The molecule has 1 aliphatic rings. The molecule has 1 aromatic carbocycles. The van der Waals surface area contributed by atoms with Crippen LogP contribution in [0.15, 0.2) is 36.5 Å². The lowest BCUT2D eigenvalue weighted by molar-refractivity contribution is -0.137. The number of alkyl halides is 3. The van der Waals surface area contributed by atoms with E-state index in [0.29, 0.717) is 5.69 Å². The van der Waals surface area contributed by atoms with E-state index in [1.165, 1.54) is 6.07 Å². The highest BCUT2D eigenvalue weighted by Crippen LogP contribution is 2.39. The van der Waals surface area contributed by atoms with Crippen molar-refractivity contribution in [1.29, 1.82) is 0 Å². The van der Waals surface area contributed by atoms with Crippen LogP contribution in [0.25, 0.3) is 11.3 Å². The first kappa shape index (κ1) is 17.7. The van der Waals surface area contributed by atoms with E-state index < -0.39 is 21.8 Å². The maximum atomic E-state index is 13.1. The Hall–Kier alpha value is -2.13. The van der Waals surface area contributed by atoms with Crippen LogP contribution in [-0.2, 0) is 16.2 Å². The Bertz CT molecular complexity index is 896. The number of benzene rings is 1.